The van der Waals surface area contributed by atoms with Gasteiger partial charge in [0.2, 0.25) is 0 Å². The Kier molecular flexibility index (Phi) is 9.27. The molecule has 1 aliphatic heterocycles. The molecule has 1 aliphatic rings. The third-order valence-electron chi connectivity index (χ3n) is 5.19. The molecule has 9 heteroatoms. The van der Waals surface area contributed by atoms with Crippen molar-refractivity contribution in [3.05, 3.63) is 60.6 Å². The summed E-state index contributed by atoms with van der Waals surface area (Å²) in [4.78, 5) is 15.8. The van der Waals surface area contributed by atoms with Crippen molar-refractivity contribution in [1.29, 1.82) is 0 Å². The summed E-state index contributed by atoms with van der Waals surface area (Å²) in [5.41, 5.74) is 1.96. The van der Waals surface area contributed by atoms with Gasteiger partial charge in [0.25, 0.3) is 5.89 Å². The van der Waals surface area contributed by atoms with Gasteiger partial charge in [-0.1, -0.05) is 29.4 Å². The third kappa shape index (κ3) is 6.65. The lowest BCUT2D eigenvalue weighted by atomic mass is 10.1. The quantitative estimate of drug-likeness (QED) is 0.266. The summed E-state index contributed by atoms with van der Waals surface area (Å²) in [6.07, 6.45) is 4.60. The molecule has 4 rings (SSSR count). The highest BCUT2D eigenvalue weighted by atomic mass is 127. The van der Waals surface area contributed by atoms with Gasteiger partial charge in [0.15, 0.2) is 11.8 Å². The first-order valence-corrected chi connectivity index (χ1v) is 10.9. The molecular weight excluding hydrogens is 517 g/mol. The van der Waals surface area contributed by atoms with Crippen molar-refractivity contribution < 1.29 is 4.52 Å². The number of nitrogens with one attached hydrogen (secondary N) is 2. The van der Waals surface area contributed by atoms with E-state index in [2.05, 4.69) is 67.9 Å². The fourth-order valence-electron chi connectivity index (χ4n) is 3.70. The number of anilines is 1. The van der Waals surface area contributed by atoms with Gasteiger partial charge in [0.1, 0.15) is 5.69 Å². The maximum atomic E-state index is 5.32. The Morgan fingerprint density at radius 3 is 2.81 bits per heavy atom. The van der Waals surface area contributed by atoms with Crippen LogP contribution in [0.3, 0.4) is 0 Å². The molecule has 0 saturated carbocycles. The molecule has 0 spiro atoms. The molecule has 170 valence electrons. The molecule has 0 radical (unpaired) electrons. The number of nitrogens with zero attached hydrogens (tertiary/aromatic N) is 5. The van der Waals surface area contributed by atoms with Gasteiger partial charge in [0, 0.05) is 50.5 Å². The minimum Gasteiger partial charge on any atom is -0.369 e. The van der Waals surface area contributed by atoms with Gasteiger partial charge in [-0.15, -0.1) is 24.0 Å². The molecule has 3 heterocycles. The predicted octanol–water partition coefficient (Wildman–Crippen LogP) is 3.52. The lowest BCUT2D eigenvalue weighted by molar-refractivity contribution is 0.421. The number of para-hydroxylation sites is 1. The molecule has 0 bridgehead atoms. The van der Waals surface area contributed by atoms with Crippen molar-refractivity contribution in [1.82, 2.24) is 25.8 Å². The van der Waals surface area contributed by atoms with Crippen LogP contribution in [0.1, 0.15) is 25.6 Å². The number of hydrogen-bond acceptors (Lipinski definition) is 6. The van der Waals surface area contributed by atoms with Crippen LogP contribution >= 0.6 is 24.0 Å². The fraction of sp³-hybridized carbons (Fsp3) is 0.391. The first-order chi connectivity index (χ1) is 15.3. The van der Waals surface area contributed by atoms with E-state index in [0.717, 1.165) is 38.4 Å². The van der Waals surface area contributed by atoms with Crippen molar-refractivity contribution >= 4 is 35.6 Å². The second-order valence-electron chi connectivity index (χ2n) is 7.51. The topological polar surface area (TPSA) is 91.5 Å². The van der Waals surface area contributed by atoms with Crippen LogP contribution in [-0.2, 0) is 6.42 Å². The second kappa shape index (κ2) is 12.4. The minimum absolute atomic E-state index is 0. The van der Waals surface area contributed by atoms with E-state index in [0.29, 0.717) is 36.4 Å². The van der Waals surface area contributed by atoms with E-state index in [4.69, 9.17) is 9.52 Å². The van der Waals surface area contributed by atoms with E-state index in [9.17, 15) is 0 Å². The zero-order valence-electron chi connectivity index (χ0n) is 18.3. The average molecular weight is 547 g/mol. The van der Waals surface area contributed by atoms with Gasteiger partial charge >= 0.3 is 0 Å². The maximum absolute atomic E-state index is 5.32. The number of aliphatic imine (C=N–C) groups is 1. The van der Waals surface area contributed by atoms with E-state index in [-0.39, 0.29) is 24.0 Å². The van der Waals surface area contributed by atoms with Crippen LogP contribution in [-0.4, -0.2) is 53.3 Å². The normalized spacial score (nSPS) is 16.3. The van der Waals surface area contributed by atoms with E-state index in [1.165, 1.54) is 5.69 Å². The molecule has 3 aromatic rings. The monoisotopic (exact) mass is 547 g/mol. The molecule has 0 amide bonds. The Bertz CT molecular complexity index is 965. The van der Waals surface area contributed by atoms with Crippen molar-refractivity contribution in [3.63, 3.8) is 0 Å². The van der Waals surface area contributed by atoms with Crippen molar-refractivity contribution in [2.75, 3.05) is 31.1 Å². The molecule has 8 nitrogen and oxygen atoms in total. The lowest BCUT2D eigenvalue weighted by Crippen LogP contribution is -2.51. The maximum Gasteiger partial charge on any atom is 0.276 e. The van der Waals surface area contributed by atoms with E-state index >= 15 is 0 Å². The second-order valence-corrected chi connectivity index (χ2v) is 7.51. The van der Waals surface area contributed by atoms with Crippen LogP contribution in [0.4, 0.5) is 5.69 Å². The number of rotatable bonds is 7. The van der Waals surface area contributed by atoms with Crippen molar-refractivity contribution in [2.45, 2.75) is 32.2 Å². The summed E-state index contributed by atoms with van der Waals surface area (Å²) in [5, 5.41) is 11.0. The molecule has 1 aromatic carbocycles. The molecule has 2 N–H and O–H groups in total. The number of guanidine groups is 1. The highest BCUT2D eigenvalue weighted by Crippen LogP contribution is 2.19. The molecule has 0 aliphatic carbocycles. The van der Waals surface area contributed by atoms with Gasteiger partial charge < -0.3 is 20.1 Å². The first kappa shape index (κ1) is 24.0. The van der Waals surface area contributed by atoms with Crippen LogP contribution in [0.25, 0.3) is 11.6 Å². The van der Waals surface area contributed by atoms with Gasteiger partial charge in [-0.25, -0.2) is 0 Å². The Hall–Kier alpha value is -2.69. The third-order valence-corrected chi connectivity index (χ3v) is 5.19. The summed E-state index contributed by atoms with van der Waals surface area (Å²) in [6.45, 7) is 5.52. The standard InChI is InChI=1S/C23H29N7O.HI/c1-2-24-23(27-18-9-8-16-30(17-18)19-10-4-3-5-11-19)26-15-13-21-28-22(31-29-21)20-12-6-7-14-25-20;/h3-7,10-12,14,18H,2,8-9,13,15-17H2,1H3,(H2,24,26,27);1H. The Labute approximate surface area is 205 Å². The van der Waals surface area contributed by atoms with Crippen LogP contribution in [0.2, 0.25) is 0 Å². The Morgan fingerprint density at radius 2 is 2.03 bits per heavy atom. The summed E-state index contributed by atoms with van der Waals surface area (Å²) < 4.78 is 5.32. The summed E-state index contributed by atoms with van der Waals surface area (Å²) in [7, 11) is 0. The van der Waals surface area contributed by atoms with Gasteiger partial charge in [0.05, 0.1) is 0 Å². The first-order valence-electron chi connectivity index (χ1n) is 10.9. The smallest absolute Gasteiger partial charge is 0.276 e. The highest BCUT2D eigenvalue weighted by molar-refractivity contribution is 14.0. The molecule has 1 saturated heterocycles. The number of benzene rings is 1. The van der Waals surface area contributed by atoms with Gasteiger partial charge in [-0.2, -0.15) is 4.98 Å². The predicted molar refractivity (Wildman–Crippen MR) is 137 cm³/mol. The van der Waals surface area contributed by atoms with Crippen LogP contribution in [0, 0.1) is 0 Å². The molecule has 32 heavy (non-hydrogen) atoms. The zero-order chi connectivity index (χ0) is 21.3. The van der Waals surface area contributed by atoms with Gasteiger partial charge in [-0.3, -0.25) is 9.98 Å². The number of aromatic nitrogens is 3. The minimum atomic E-state index is 0. The number of hydrogen-bond donors (Lipinski definition) is 2. The molecular formula is C23H30IN7O. The van der Waals surface area contributed by atoms with E-state index in [1.807, 2.05) is 18.2 Å². The van der Waals surface area contributed by atoms with Crippen LogP contribution < -0.4 is 15.5 Å². The molecule has 1 unspecified atom stereocenters. The van der Waals surface area contributed by atoms with Crippen LogP contribution in [0.5, 0.6) is 0 Å². The summed E-state index contributed by atoms with van der Waals surface area (Å²) in [5.74, 6) is 1.90. The number of pyridine rings is 1. The van der Waals surface area contributed by atoms with Gasteiger partial charge in [-0.05, 0) is 44.0 Å². The van der Waals surface area contributed by atoms with Crippen LogP contribution in [0.15, 0.2) is 64.2 Å². The Balaban J connectivity index is 0.00000289. The average Bonchev–Trinajstić information content (AvgIpc) is 3.30. The number of halogens is 1. The lowest BCUT2D eigenvalue weighted by Gasteiger charge is -2.35. The van der Waals surface area contributed by atoms with Crippen molar-refractivity contribution in [2.24, 2.45) is 4.99 Å². The molecule has 1 fully saturated rings. The largest absolute Gasteiger partial charge is 0.369 e. The molecule has 1 atom stereocenters. The highest BCUT2D eigenvalue weighted by Gasteiger charge is 2.21. The SMILES string of the molecule is CCNC(=NCCc1noc(-c2ccccn2)n1)NC1CCCN(c2ccccc2)C1.I. The van der Waals surface area contributed by atoms with E-state index in [1.54, 1.807) is 6.20 Å². The van der Waals surface area contributed by atoms with E-state index < -0.39 is 0 Å². The fourth-order valence-corrected chi connectivity index (χ4v) is 3.70. The molecule has 2 aromatic heterocycles. The Morgan fingerprint density at radius 1 is 1.19 bits per heavy atom. The number of piperidine rings is 1. The summed E-state index contributed by atoms with van der Waals surface area (Å²) >= 11 is 0. The van der Waals surface area contributed by atoms with Crippen molar-refractivity contribution in [3.8, 4) is 11.6 Å². The summed E-state index contributed by atoms with van der Waals surface area (Å²) in [6, 6.07) is 16.5. The zero-order valence-corrected chi connectivity index (χ0v) is 20.6.